The molecule has 1 saturated heterocycles. The number of anilines is 1. The molecule has 0 atom stereocenters. The van der Waals surface area contributed by atoms with Gasteiger partial charge >= 0.3 is 0 Å². The summed E-state index contributed by atoms with van der Waals surface area (Å²) in [5, 5.41) is 3.98. The zero-order valence-electron chi connectivity index (χ0n) is 20.5. The second-order valence-electron chi connectivity index (χ2n) is 10.2. The molecule has 4 heterocycles. The lowest BCUT2D eigenvalue weighted by Gasteiger charge is -2.40. The van der Waals surface area contributed by atoms with Gasteiger partial charge in [0, 0.05) is 59.8 Å². The smallest absolute Gasteiger partial charge is 0.152 e. The van der Waals surface area contributed by atoms with E-state index in [1.807, 2.05) is 28.8 Å². The minimum atomic E-state index is -0.668. The number of fused-ring (bicyclic) bond motifs is 2. The van der Waals surface area contributed by atoms with Crippen LogP contribution < -0.4 is 10.2 Å². The molecule has 5 aromatic rings. The molecule has 0 bridgehead atoms. The minimum absolute atomic E-state index is 0.0938. The number of hydrogen-bond acceptors (Lipinski definition) is 4. The molecular weight excluding hydrogens is 456 g/mol. The molecule has 1 aliphatic rings. The van der Waals surface area contributed by atoms with Gasteiger partial charge in [-0.15, -0.1) is 0 Å². The molecule has 0 aliphatic carbocycles. The zero-order chi connectivity index (χ0) is 25.0. The maximum atomic E-state index is 14.5. The third kappa shape index (κ3) is 3.99. The van der Waals surface area contributed by atoms with Crippen LogP contribution in [0.5, 0.6) is 0 Å². The monoisotopic (exact) mass is 483 g/mol. The second kappa shape index (κ2) is 8.38. The predicted molar refractivity (Wildman–Crippen MR) is 140 cm³/mol. The van der Waals surface area contributed by atoms with Gasteiger partial charge in [-0.25, -0.2) is 18.7 Å². The van der Waals surface area contributed by atoms with E-state index in [0.717, 1.165) is 48.2 Å². The molecule has 36 heavy (non-hydrogen) atoms. The molecule has 0 amide bonds. The van der Waals surface area contributed by atoms with E-state index in [9.17, 15) is 8.78 Å². The van der Waals surface area contributed by atoms with Gasteiger partial charge in [-0.1, -0.05) is 12.1 Å². The Labute approximate surface area is 208 Å². The SMILES string of the molecule is Cc1cc(-c2cnc3cc(-c4ccc(N5CCNC(C)(C)C5)cc4)ccn23)c2cc(F)cc(F)c2n1. The van der Waals surface area contributed by atoms with Crippen LogP contribution in [0, 0.1) is 18.6 Å². The van der Waals surface area contributed by atoms with E-state index in [2.05, 4.69) is 58.3 Å². The van der Waals surface area contributed by atoms with Crippen molar-refractivity contribution in [3.63, 3.8) is 0 Å². The van der Waals surface area contributed by atoms with Crippen molar-refractivity contribution in [1.82, 2.24) is 19.7 Å². The third-order valence-electron chi connectivity index (χ3n) is 6.89. The van der Waals surface area contributed by atoms with Gasteiger partial charge < -0.3 is 10.2 Å². The summed E-state index contributed by atoms with van der Waals surface area (Å²) in [5.41, 5.74) is 6.50. The molecule has 0 saturated carbocycles. The van der Waals surface area contributed by atoms with E-state index in [-0.39, 0.29) is 11.1 Å². The number of piperazine rings is 1. The molecular formula is C29H27F2N5. The normalized spacial score (nSPS) is 15.6. The molecule has 182 valence electrons. The summed E-state index contributed by atoms with van der Waals surface area (Å²) < 4.78 is 30.5. The number of rotatable bonds is 3. The van der Waals surface area contributed by atoms with Crippen molar-refractivity contribution in [2.45, 2.75) is 26.3 Å². The van der Waals surface area contributed by atoms with Gasteiger partial charge in [0.15, 0.2) is 5.82 Å². The zero-order valence-corrected chi connectivity index (χ0v) is 20.5. The van der Waals surface area contributed by atoms with E-state index in [0.29, 0.717) is 16.6 Å². The maximum absolute atomic E-state index is 14.5. The standard InChI is InChI=1S/C29H27F2N5/c1-18-12-23(24-14-21(30)15-25(31)28(24)34-18)26-16-32-27-13-20(8-10-36(26)27)19-4-6-22(7-5-19)35-11-9-33-29(2,3)17-35/h4-8,10,12-16,33H,9,11,17H2,1-3H3. The Morgan fingerprint density at radius 1 is 0.972 bits per heavy atom. The Morgan fingerprint density at radius 3 is 2.56 bits per heavy atom. The molecule has 5 nitrogen and oxygen atoms in total. The van der Waals surface area contributed by atoms with Crippen molar-refractivity contribution in [3.05, 3.63) is 84.3 Å². The number of benzene rings is 2. The van der Waals surface area contributed by atoms with E-state index in [1.54, 1.807) is 13.1 Å². The van der Waals surface area contributed by atoms with Crippen molar-refractivity contribution in [1.29, 1.82) is 0 Å². The van der Waals surface area contributed by atoms with Crippen molar-refractivity contribution in [3.8, 4) is 22.4 Å². The van der Waals surface area contributed by atoms with E-state index < -0.39 is 11.6 Å². The van der Waals surface area contributed by atoms with Gasteiger partial charge in [-0.2, -0.15) is 0 Å². The number of nitrogens with zero attached hydrogens (tertiary/aromatic N) is 4. The predicted octanol–water partition coefficient (Wildman–Crippen LogP) is 5.99. The highest BCUT2D eigenvalue weighted by Crippen LogP contribution is 2.32. The van der Waals surface area contributed by atoms with Crippen LogP contribution in [0.1, 0.15) is 19.5 Å². The lowest BCUT2D eigenvalue weighted by molar-refractivity contribution is 0.353. The van der Waals surface area contributed by atoms with Gasteiger partial charge in [-0.05, 0) is 68.3 Å². The fraction of sp³-hybridized carbons (Fsp3) is 0.241. The molecule has 0 spiro atoms. The van der Waals surface area contributed by atoms with Crippen LogP contribution in [0.15, 0.2) is 67.0 Å². The fourth-order valence-corrected chi connectivity index (χ4v) is 5.18. The number of pyridine rings is 2. The van der Waals surface area contributed by atoms with Crippen molar-refractivity contribution >= 4 is 22.2 Å². The Morgan fingerprint density at radius 2 is 1.78 bits per heavy atom. The number of hydrogen-bond donors (Lipinski definition) is 1. The van der Waals surface area contributed by atoms with Gasteiger partial charge in [0.1, 0.15) is 17.0 Å². The molecule has 1 fully saturated rings. The van der Waals surface area contributed by atoms with Crippen LogP contribution in [-0.2, 0) is 0 Å². The minimum Gasteiger partial charge on any atom is -0.368 e. The number of halogens is 2. The molecule has 7 heteroatoms. The highest BCUT2D eigenvalue weighted by atomic mass is 19.1. The van der Waals surface area contributed by atoms with Crippen molar-refractivity contribution in [2.24, 2.45) is 0 Å². The molecule has 6 rings (SSSR count). The van der Waals surface area contributed by atoms with E-state index in [1.165, 1.54) is 11.8 Å². The summed E-state index contributed by atoms with van der Waals surface area (Å²) in [5.74, 6) is -1.30. The fourth-order valence-electron chi connectivity index (χ4n) is 5.18. The first kappa shape index (κ1) is 22.6. The van der Waals surface area contributed by atoms with Gasteiger partial charge in [0.25, 0.3) is 0 Å². The average Bonchev–Trinajstić information content (AvgIpc) is 3.27. The molecule has 1 aliphatic heterocycles. The molecule has 0 unspecified atom stereocenters. The van der Waals surface area contributed by atoms with Crippen LogP contribution in [0.4, 0.5) is 14.5 Å². The Balaban J connectivity index is 1.36. The van der Waals surface area contributed by atoms with Crippen molar-refractivity contribution in [2.75, 3.05) is 24.5 Å². The second-order valence-corrected chi connectivity index (χ2v) is 10.2. The van der Waals surface area contributed by atoms with Crippen LogP contribution in [-0.4, -0.2) is 39.5 Å². The number of aromatic nitrogens is 3. The summed E-state index contributed by atoms with van der Waals surface area (Å²) in [6, 6.07) is 16.7. The largest absolute Gasteiger partial charge is 0.368 e. The van der Waals surface area contributed by atoms with Gasteiger partial charge in [0.2, 0.25) is 0 Å². The average molecular weight is 484 g/mol. The van der Waals surface area contributed by atoms with Gasteiger partial charge in [-0.3, -0.25) is 4.40 Å². The molecule has 3 aromatic heterocycles. The van der Waals surface area contributed by atoms with Crippen LogP contribution in [0.3, 0.4) is 0 Å². The Hall–Kier alpha value is -3.84. The first-order valence-electron chi connectivity index (χ1n) is 12.1. The molecule has 2 aromatic carbocycles. The van der Waals surface area contributed by atoms with Crippen LogP contribution >= 0.6 is 0 Å². The first-order valence-corrected chi connectivity index (χ1v) is 12.1. The molecule has 1 N–H and O–H groups in total. The van der Waals surface area contributed by atoms with Crippen molar-refractivity contribution < 1.29 is 8.78 Å². The summed E-state index contributed by atoms with van der Waals surface area (Å²) >= 11 is 0. The molecule has 0 radical (unpaired) electrons. The highest BCUT2D eigenvalue weighted by Gasteiger charge is 2.25. The summed E-state index contributed by atoms with van der Waals surface area (Å²) in [6.07, 6.45) is 3.70. The highest BCUT2D eigenvalue weighted by molar-refractivity contribution is 5.94. The number of nitrogens with one attached hydrogen (secondary N) is 1. The lowest BCUT2D eigenvalue weighted by Crippen LogP contribution is -2.57. The number of aryl methyl sites for hydroxylation is 1. The summed E-state index contributed by atoms with van der Waals surface area (Å²) in [4.78, 5) is 11.3. The lowest BCUT2D eigenvalue weighted by atomic mass is 10.0. The number of imidazole rings is 1. The summed E-state index contributed by atoms with van der Waals surface area (Å²) in [6.45, 7) is 9.18. The topological polar surface area (TPSA) is 45.5 Å². The van der Waals surface area contributed by atoms with Crippen LogP contribution in [0.25, 0.3) is 38.9 Å². The first-order chi connectivity index (χ1) is 17.3. The summed E-state index contributed by atoms with van der Waals surface area (Å²) in [7, 11) is 0. The Bertz CT molecular complexity index is 1600. The quantitative estimate of drug-likeness (QED) is 0.342. The Kier molecular flexibility index (Phi) is 5.26. The van der Waals surface area contributed by atoms with E-state index in [4.69, 9.17) is 0 Å². The van der Waals surface area contributed by atoms with Crippen LogP contribution in [0.2, 0.25) is 0 Å². The maximum Gasteiger partial charge on any atom is 0.152 e. The van der Waals surface area contributed by atoms with Gasteiger partial charge in [0.05, 0.1) is 11.9 Å². The van der Waals surface area contributed by atoms with E-state index >= 15 is 0 Å². The third-order valence-corrected chi connectivity index (χ3v) is 6.89.